The predicted molar refractivity (Wildman–Crippen MR) is 62.8 cm³/mol. The molecule has 0 bridgehead atoms. The molecule has 0 aliphatic rings. The van der Waals surface area contributed by atoms with Crippen LogP contribution in [0.1, 0.15) is 12.7 Å². The molecule has 1 aromatic heterocycles. The first-order valence-electron chi connectivity index (χ1n) is 4.95. The van der Waals surface area contributed by atoms with E-state index in [2.05, 4.69) is 28.0 Å². The van der Waals surface area contributed by atoms with Gasteiger partial charge in [-0.1, -0.05) is 6.92 Å². The summed E-state index contributed by atoms with van der Waals surface area (Å²) in [7, 11) is 0. The van der Waals surface area contributed by atoms with Gasteiger partial charge in [0.25, 0.3) is 0 Å². The van der Waals surface area contributed by atoms with E-state index in [1.807, 2.05) is 31.1 Å². The first-order valence-corrected chi connectivity index (χ1v) is 6.24. The van der Waals surface area contributed by atoms with Crippen LogP contribution in [-0.4, -0.2) is 34.1 Å². The van der Waals surface area contributed by atoms with E-state index in [1.54, 1.807) is 0 Å². The zero-order chi connectivity index (χ0) is 10.4. The van der Waals surface area contributed by atoms with Crippen molar-refractivity contribution in [2.75, 3.05) is 19.3 Å². The molecule has 0 amide bonds. The Labute approximate surface area is 90.3 Å². The quantitative estimate of drug-likeness (QED) is 0.727. The van der Waals surface area contributed by atoms with Gasteiger partial charge in [-0.25, -0.2) is 4.98 Å². The summed E-state index contributed by atoms with van der Waals surface area (Å²) < 4.78 is 2.16. The first-order chi connectivity index (χ1) is 6.74. The molecule has 0 saturated heterocycles. The number of nitrogens with zero attached hydrogens (tertiary/aromatic N) is 2. The highest BCUT2D eigenvalue weighted by molar-refractivity contribution is 7.99. The second-order valence-electron chi connectivity index (χ2n) is 3.42. The van der Waals surface area contributed by atoms with Crippen molar-refractivity contribution < 1.29 is 0 Å². The van der Waals surface area contributed by atoms with Crippen LogP contribution in [0.25, 0.3) is 0 Å². The van der Waals surface area contributed by atoms with Crippen molar-refractivity contribution >= 4 is 11.8 Å². The number of rotatable bonds is 6. The topological polar surface area (TPSA) is 29.9 Å². The van der Waals surface area contributed by atoms with Crippen LogP contribution in [0.5, 0.6) is 0 Å². The third-order valence-corrected chi connectivity index (χ3v) is 3.26. The summed E-state index contributed by atoms with van der Waals surface area (Å²) in [5.74, 6) is 1.09. The van der Waals surface area contributed by atoms with Crippen LogP contribution >= 0.6 is 11.8 Å². The molecule has 0 saturated carbocycles. The van der Waals surface area contributed by atoms with Gasteiger partial charge in [-0.05, 0) is 13.2 Å². The van der Waals surface area contributed by atoms with E-state index in [9.17, 15) is 0 Å². The molecule has 0 radical (unpaired) electrons. The van der Waals surface area contributed by atoms with Gasteiger partial charge in [-0.15, -0.1) is 0 Å². The molecule has 0 aliphatic heterocycles. The molecule has 1 N–H and O–H groups in total. The Morgan fingerprint density at radius 2 is 2.43 bits per heavy atom. The third-order valence-electron chi connectivity index (χ3n) is 2.29. The summed E-state index contributed by atoms with van der Waals surface area (Å²) in [6.45, 7) is 7.37. The second-order valence-corrected chi connectivity index (χ2v) is 4.69. The van der Waals surface area contributed by atoms with Crippen molar-refractivity contribution in [3.05, 3.63) is 18.2 Å². The molecule has 1 heterocycles. The van der Waals surface area contributed by atoms with E-state index in [4.69, 9.17) is 0 Å². The van der Waals surface area contributed by atoms with E-state index in [0.29, 0.717) is 5.25 Å². The summed E-state index contributed by atoms with van der Waals surface area (Å²) in [5, 5.41) is 4.13. The minimum absolute atomic E-state index is 0.693. The van der Waals surface area contributed by atoms with Crippen molar-refractivity contribution in [2.24, 2.45) is 0 Å². The van der Waals surface area contributed by atoms with Crippen LogP contribution in [0.15, 0.2) is 12.4 Å². The molecule has 0 aromatic carbocycles. The lowest BCUT2D eigenvalue weighted by Crippen LogP contribution is -2.26. The third kappa shape index (κ3) is 3.72. The van der Waals surface area contributed by atoms with Crippen LogP contribution in [0.3, 0.4) is 0 Å². The smallest absolute Gasteiger partial charge is 0.105 e. The number of hydrogen-bond donors (Lipinski definition) is 1. The van der Waals surface area contributed by atoms with E-state index in [0.717, 1.165) is 25.5 Å². The molecule has 1 atom stereocenters. The van der Waals surface area contributed by atoms with Gasteiger partial charge in [0, 0.05) is 37.3 Å². The van der Waals surface area contributed by atoms with Gasteiger partial charge in [-0.3, -0.25) is 0 Å². The number of aromatic nitrogens is 2. The van der Waals surface area contributed by atoms with Gasteiger partial charge in [0.15, 0.2) is 0 Å². The highest BCUT2D eigenvalue weighted by Crippen LogP contribution is 2.02. The number of imidazole rings is 1. The van der Waals surface area contributed by atoms with Gasteiger partial charge >= 0.3 is 0 Å². The van der Waals surface area contributed by atoms with Crippen molar-refractivity contribution in [1.82, 2.24) is 14.9 Å². The lowest BCUT2D eigenvalue weighted by Gasteiger charge is -2.10. The Bertz CT molecular complexity index is 260. The molecule has 80 valence electrons. The van der Waals surface area contributed by atoms with Crippen LogP contribution < -0.4 is 5.32 Å². The maximum Gasteiger partial charge on any atom is 0.105 e. The van der Waals surface area contributed by atoms with Gasteiger partial charge in [0.2, 0.25) is 0 Å². The highest BCUT2D eigenvalue weighted by Gasteiger charge is 1.98. The van der Waals surface area contributed by atoms with E-state index in [-0.39, 0.29) is 0 Å². The molecule has 0 fully saturated rings. The summed E-state index contributed by atoms with van der Waals surface area (Å²) in [5.41, 5.74) is 0. The summed E-state index contributed by atoms with van der Waals surface area (Å²) in [6, 6.07) is 0. The largest absolute Gasteiger partial charge is 0.334 e. The fourth-order valence-electron chi connectivity index (χ4n) is 1.23. The van der Waals surface area contributed by atoms with Crippen molar-refractivity contribution in [3.63, 3.8) is 0 Å². The van der Waals surface area contributed by atoms with Crippen LogP contribution in [0.2, 0.25) is 0 Å². The van der Waals surface area contributed by atoms with E-state index < -0.39 is 0 Å². The van der Waals surface area contributed by atoms with Gasteiger partial charge in [0.05, 0.1) is 0 Å². The van der Waals surface area contributed by atoms with Crippen LogP contribution in [0, 0.1) is 6.92 Å². The SMILES string of the molecule is CSC(C)CNCCn1ccnc1C. The van der Waals surface area contributed by atoms with Crippen molar-refractivity contribution in [1.29, 1.82) is 0 Å². The summed E-state index contributed by atoms with van der Waals surface area (Å²) >= 11 is 1.89. The molecular weight excluding hydrogens is 194 g/mol. The lowest BCUT2D eigenvalue weighted by molar-refractivity contribution is 0.588. The Hall–Kier alpha value is -0.480. The summed E-state index contributed by atoms with van der Waals surface area (Å²) in [6.07, 6.45) is 6.02. The van der Waals surface area contributed by atoms with Gasteiger partial charge in [0.1, 0.15) is 5.82 Å². The van der Waals surface area contributed by atoms with E-state index >= 15 is 0 Å². The fourth-order valence-corrected chi connectivity index (χ4v) is 1.51. The molecule has 0 spiro atoms. The zero-order valence-electron chi connectivity index (χ0n) is 9.16. The summed E-state index contributed by atoms with van der Waals surface area (Å²) in [4.78, 5) is 4.18. The molecule has 3 nitrogen and oxygen atoms in total. The standard InChI is InChI=1S/C10H19N3S/c1-9(14-3)8-11-4-6-13-7-5-12-10(13)2/h5,7,9,11H,4,6,8H2,1-3H3. The maximum atomic E-state index is 4.18. The maximum absolute atomic E-state index is 4.18. The molecular formula is C10H19N3S. The minimum atomic E-state index is 0.693. The van der Waals surface area contributed by atoms with Gasteiger partial charge in [-0.2, -0.15) is 11.8 Å². The number of nitrogens with one attached hydrogen (secondary N) is 1. The Balaban J connectivity index is 2.13. The second kappa shape index (κ2) is 6.09. The van der Waals surface area contributed by atoms with Crippen molar-refractivity contribution in [3.8, 4) is 0 Å². The molecule has 14 heavy (non-hydrogen) atoms. The minimum Gasteiger partial charge on any atom is -0.334 e. The van der Waals surface area contributed by atoms with Gasteiger partial charge < -0.3 is 9.88 Å². The zero-order valence-corrected chi connectivity index (χ0v) is 9.97. The van der Waals surface area contributed by atoms with Crippen molar-refractivity contribution in [2.45, 2.75) is 25.6 Å². The molecule has 1 rings (SSSR count). The molecule has 0 aliphatic carbocycles. The van der Waals surface area contributed by atoms with E-state index in [1.165, 1.54) is 0 Å². The van der Waals surface area contributed by atoms with Crippen LogP contribution in [0.4, 0.5) is 0 Å². The lowest BCUT2D eigenvalue weighted by atomic mass is 10.4. The Morgan fingerprint density at radius 3 is 3.00 bits per heavy atom. The number of hydrogen-bond acceptors (Lipinski definition) is 3. The molecule has 4 heteroatoms. The average molecular weight is 213 g/mol. The fraction of sp³-hybridized carbons (Fsp3) is 0.700. The predicted octanol–water partition coefficient (Wildman–Crippen LogP) is 1.53. The first kappa shape index (κ1) is 11.6. The molecule has 1 aromatic rings. The Kier molecular flexibility index (Phi) is 5.04. The van der Waals surface area contributed by atoms with Crippen LogP contribution in [-0.2, 0) is 6.54 Å². The highest BCUT2D eigenvalue weighted by atomic mass is 32.2. The molecule has 1 unspecified atom stereocenters. The monoisotopic (exact) mass is 213 g/mol. The average Bonchev–Trinajstić information content (AvgIpc) is 2.58. The number of aryl methyl sites for hydroxylation is 1. The normalized spacial score (nSPS) is 13.1. The number of thioether (sulfide) groups is 1. The Morgan fingerprint density at radius 1 is 1.64 bits per heavy atom.